The van der Waals surface area contributed by atoms with Crippen LogP contribution >= 0.6 is 0 Å². The van der Waals surface area contributed by atoms with Crippen molar-refractivity contribution < 1.29 is 0 Å². The van der Waals surface area contributed by atoms with Crippen molar-refractivity contribution in [1.82, 2.24) is 14.9 Å². The quantitative estimate of drug-likeness (QED) is 0.672. The van der Waals surface area contributed by atoms with Crippen LogP contribution in [0.25, 0.3) is 0 Å². The number of nitrogens with one attached hydrogen (secondary N) is 1. The molecule has 1 aromatic heterocycles. The maximum atomic E-state index is 4.76. The molecule has 2 aliphatic rings. The smallest absolute Gasteiger partial charge is 0.109 e. The second-order valence-corrected chi connectivity index (χ2v) is 4.46. The normalized spacial score (nSPS) is 25.6. The number of rotatable bonds is 0. The molecule has 0 radical (unpaired) electrons. The summed E-state index contributed by atoms with van der Waals surface area (Å²) in [6, 6.07) is 0.662. The first-order valence-electron chi connectivity index (χ1n) is 5.66. The Kier molecular flexibility index (Phi) is 1.87. The maximum absolute atomic E-state index is 4.76. The molecule has 1 atom stereocenters. The van der Waals surface area contributed by atoms with Crippen molar-refractivity contribution in [3.8, 4) is 0 Å². The highest BCUT2D eigenvalue weighted by Crippen LogP contribution is 2.28. The van der Waals surface area contributed by atoms with E-state index in [0.717, 1.165) is 19.5 Å². The summed E-state index contributed by atoms with van der Waals surface area (Å²) in [6.07, 6.45) is 4.92. The fourth-order valence-electron chi connectivity index (χ4n) is 2.75. The molecule has 76 valence electrons. The summed E-state index contributed by atoms with van der Waals surface area (Å²) in [6.45, 7) is 4.43. The molecule has 14 heavy (non-hydrogen) atoms. The molecule has 0 saturated heterocycles. The van der Waals surface area contributed by atoms with Gasteiger partial charge in [-0.05, 0) is 19.8 Å². The predicted octanol–water partition coefficient (Wildman–Crippen LogP) is 1.43. The van der Waals surface area contributed by atoms with Gasteiger partial charge in [-0.1, -0.05) is 0 Å². The lowest BCUT2D eigenvalue weighted by Gasteiger charge is -2.25. The van der Waals surface area contributed by atoms with Crippen molar-refractivity contribution in [2.24, 2.45) is 0 Å². The van der Waals surface area contributed by atoms with Gasteiger partial charge in [0.05, 0.1) is 11.4 Å². The third kappa shape index (κ3) is 1.12. The summed E-state index contributed by atoms with van der Waals surface area (Å²) in [5.41, 5.74) is 2.81. The molecule has 0 aliphatic carbocycles. The molecule has 0 saturated carbocycles. The Bertz CT molecular complexity index is 354. The number of nitrogens with zero attached hydrogens (tertiary/aromatic N) is 2. The highest BCUT2D eigenvalue weighted by molar-refractivity contribution is 5.22. The van der Waals surface area contributed by atoms with Gasteiger partial charge in [0.25, 0.3) is 0 Å². The van der Waals surface area contributed by atoms with Gasteiger partial charge in [0.2, 0.25) is 0 Å². The summed E-state index contributed by atoms with van der Waals surface area (Å²) >= 11 is 0. The zero-order valence-electron chi connectivity index (χ0n) is 8.71. The van der Waals surface area contributed by atoms with Crippen LogP contribution in [0.3, 0.4) is 0 Å². The van der Waals surface area contributed by atoms with E-state index in [9.17, 15) is 0 Å². The minimum Gasteiger partial charge on any atom is -0.328 e. The molecule has 0 spiro atoms. The van der Waals surface area contributed by atoms with Crippen molar-refractivity contribution >= 4 is 0 Å². The minimum absolute atomic E-state index is 0.662. The SMILES string of the molecule is CC1CCCc2nc3c(n21)CNCC3. The van der Waals surface area contributed by atoms with Crippen LogP contribution in [-0.4, -0.2) is 16.1 Å². The van der Waals surface area contributed by atoms with Crippen LogP contribution in [0.2, 0.25) is 0 Å². The van der Waals surface area contributed by atoms with Gasteiger partial charge in [-0.2, -0.15) is 0 Å². The average molecular weight is 191 g/mol. The van der Waals surface area contributed by atoms with Crippen molar-refractivity contribution in [3.63, 3.8) is 0 Å². The molecule has 0 aromatic carbocycles. The molecule has 1 aromatic rings. The molecule has 1 unspecified atom stereocenters. The molecule has 3 heteroatoms. The second-order valence-electron chi connectivity index (χ2n) is 4.46. The Hall–Kier alpha value is -0.830. The van der Waals surface area contributed by atoms with Gasteiger partial charge in [-0.25, -0.2) is 4.98 Å². The molecular formula is C11H17N3. The Labute approximate surface area is 84.5 Å². The van der Waals surface area contributed by atoms with E-state index in [1.54, 1.807) is 0 Å². The van der Waals surface area contributed by atoms with Gasteiger partial charge in [-0.15, -0.1) is 0 Å². The zero-order chi connectivity index (χ0) is 9.54. The summed E-state index contributed by atoms with van der Waals surface area (Å²) in [4.78, 5) is 4.76. The first-order valence-corrected chi connectivity index (χ1v) is 5.66. The van der Waals surface area contributed by atoms with E-state index in [0.29, 0.717) is 6.04 Å². The molecule has 0 amide bonds. The Balaban J connectivity index is 2.12. The summed E-state index contributed by atoms with van der Waals surface area (Å²) in [5, 5.41) is 3.44. The first-order chi connectivity index (χ1) is 6.86. The number of aromatic nitrogens is 2. The molecule has 3 nitrogen and oxygen atoms in total. The van der Waals surface area contributed by atoms with E-state index >= 15 is 0 Å². The number of hydrogen-bond donors (Lipinski definition) is 1. The van der Waals surface area contributed by atoms with E-state index in [2.05, 4.69) is 16.8 Å². The van der Waals surface area contributed by atoms with Crippen molar-refractivity contribution in [1.29, 1.82) is 0 Å². The Morgan fingerprint density at radius 1 is 1.43 bits per heavy atom. The molecule has 0 fully saturated rings. The van der Waals surface area contributed by atoms with Gasteiger partial charge in [-0.3, -0.25) is 0 Å². The van der Waals surface area contributed by atoms with E-state index < -0.39 is 0 Å². The van der Waals surface area contributed by atoms with E-state index in [-0.39, 0.29) is 0 Å². The molecule has 2 aliphatic heterocycles. The van der Waals surface area contributed by atoms with E-state index in [1.807, 2.05) is 0 Å². The minimum atomic E-state index is 0.662. The highest BCUT2D eigenvalue weighted by Gasteiger charge is 2.24. The van der Waals surface area contributed by atoms with Gasteiger partial charge in [0, 0.05) is 32.0 Å². The molecule has 3 heterocycles. The average Bonchev–Trinajstić information content (AvgIpc) is 2.57. The molecule has 0 bridgehead atoms. The number of hydrogen-bond acceptors (Lipinski definition) is 2. The van der Waals surface area contributed by atoms with E-state index in [4.69, 9.17) is 4.98 Å². The van der Waals surface area contributed by atoms with Crippen LogP contribution < -0.4 is 5.32 Å². The van der Waals surface area contributed by atoms with Crippen molar-refractivity contribution in [2.75, 3.05) is 6.54 Å². The van der Waals surface area contributed by atoms with Crippen LogP contribution in [0.15, 0.2) is 0 Å². The van der Waals surface area contributed by atoms with Crippen LogP contribution in [-0.2, 0) is 19.4 Å². The maximum Gasteiger partial charge on any atom is 0.109 e. The summed E-state index contributed by atoms with van der Waals surface area (Å²) in [5.74, 6) is 1.33. The third-order valence-corrected chi connectivity index (χ3v) is 3.46. The van der Waals surface area contributed by atoms with Crippen LogP contribution in [0, 0.1) is 0 Å². The number of imidazole rings is 1. The van der Waals surface area contributed by atoms with Gasteiger partial charge >= 0.3 is 0 Å². The molecule has 1 N–H and O–H groups in total. The lowest BCUT2D eigenvalue weighted by Crippen LogP contribution is -2.27. The zero-order valence-corrected chi connectivity index (χ0v) is 8.71. The predicted molar refractivity (Wildman–Crippen MR) is 55.3 cm³/mol. The molecule has 3 rings (SSSR count). The summed E-state index contributed by atoms with van der Waals surface area (Å²) < 4.78 is 2.48. The van der Waals surface area contributed by atoms with E-state index in [1.165, 1.54) is 36.5 Å². The van der Waals surface area contributed by atoms with Gasteiger partial charge in [0.15, 0.2) is 0 Å². The topological polar surface area (TPSA) is 29.9 Å². The standard InChI is InChI=1S/C11H17N3/c1-8-3-2-4-11-13-9-5-6-12-7-10(9)14(8)11/h8,12H,2-7H2,1H3. The Morgan fingerprint density at radius 2 is 2.36 bits per heavy atom. The monoisotopic (exact) mass is 191 g/mol. The Morgan fingerprint density at radius 3 is 3.29 bits per heavy atom. The first kappa shape index (κ1) is 8.48. The van der Waals surface area contributed by atoms with Crippen molar-refractivity contribution in [2.45, 2.75) is 45.2 Å². The number of fused-ring (bicyclic) bond motifs is 3. The van der Waals surface area contributed by atoms with Crippen LogP contribution in [0.4, 0.5) is 0 Å². The van der Waals surface area contributed by atoms with Crippen LogP contribution in [0.1, 0.15) is 43.0 Å². The lowest BCUT2D eigenvalue weighted by atomic mass is 10.1. The van der Waals surface area contributed by atoms with Gasteiger partial charge < -0.3 is 9.88 Å². The largest absolute Gasteiger partial charge is 0.328 e. The van der Waals surface area contributed by atoms with Crippen LogP contribution in [0.5, 0.6) is 0 Å². The highest BCUT2D eigenvalue weighted by atomic mass is 15.1. The fraction of sp³-hybridized carbons (Fsp3) is 0.727. The van der Waals surface area contributed by atoms with Gasteiger partial charge in [0.1, 0.15) is 5.82 Å². The fourth-order valence-corrected chi connectivity index (χ4v) is 2.75. The van der Waals surface area contributed by atoms with Crippen molar-refractivity contribution in [3.05, 3.63) is 17.2 Å². The third-order valence-electron chi connectivity index (χ3n) is 3.46. The number of aryl methyl sites for hydroxylation is 1. The summed E-state index contributed by atoms with van der Waals surface area (Å²) in [7, 11) is 0. The lowest BCUT2D eigenvalue weighted by molar-refractivity contribution is 0.408. The molecular weight excluding hydrogens is 174 g/mol. The second kappa shape index (κ2) is 3.09.